The number of nitrogens with one attached hydrogen (secondary N) is 1. The van der Waals surface area contributed by atoms with Gasteiger partial charge in [-0.25, -0.2) is 9.48 Å². The molecule has 0 aliphatic carbocycles. The van der Waals surface area contributed by atoms with Gasteiger partial charge in [0.15, 0.2) is 5.69 Å². The second-order valence-corrected chi connectivity index (χ2v) is 6.45. The molecule has 0 saturated carbocycles. The summed E-state index contributed by atoms with van der Waals surface area (Å²) in [6, 6.07) is 9.90. The van der Waals surface area contributed by atoms with Crippen molar-refractivity contribution in [3.63, 3.8) is 0 Å². The van der Waals surface area contributed by atoms with Gasteiger partial charge in [0.1, 0.15) is 5.60 Å². The largest absolute Gasteiger partial charge is 0.455 e. The predicted octanol–water partition coefficient (Wildman–Crippen LogP) is 2.47. The zero-order valence-electron chi connectivity index (χ0n) is 13.2. The summed E-state index contributed by atoms with van der Waals surface area (Å²) in [5.41, 5.74) is 2.90. The number of fused-ring (bicyclic) bond motifs is 1. The lowest BCUT2D eigenvalue weighted by Crippen LogP contribution is -2.27. The molecular weight excluding hydrogens is 278 g/mol. The molecule has 0 spiro atoms. The van der Waals surface area contributed by atoms with Gasteiger partial charge in [-0.1, -0.05) is 18.2 Å². The minimum atomic E-state index is -0.525. The summed E-state index contributed by atoms with van der Waals surface area (Å²) >= 11 is 0. The summed E-state index contributed by atoms with van der Waals surface area (Å²) in [6.45, 7) is 7.13. The van der Waals surface area contributed by atoms with E-state index < -0.39 is 5.60 Å². The first-order valence-corrected chi connectivity index (χ1v) is 7.56. The van der Waals surface area contributed by atoms with Crippen molar-refractivity contribution >= 4 is 5.97 Å². The molecule has 3 rings (SSSR count). The van der Waals surface area contributed by atoms with Gasteiger partial charge < -0.3 is 10.1 Å². The maximum absolute atomic E-state index is 12.5. The molecular formula is C17H21N3O2. The van der Waals surface area contributed by atoms with E-state index in [0.29, 0.717) is 12.2 Å². The van der Waals surface area contributed by atoms with Gasteiger partial charge in [0.25, 0.3) is 0 Å². The highest BCUT2D eigenvalue weighted by atomic mass is 16.6. The Bertz CT molecular complexity index is 684. The Balaban J connectivity index is 2.05. The summed E-state index contributed by atoms with van der Waals surface area (Å²) in [6.07, 6.45) is 0.847. The van der Waals surface area contributed by atoms with Crippen LogP contribution in [0.1, 0.15) is 42.5 Å². The summed E-state index contributed by atoms with van der Waals surface area (Å²) in [4.78, 5) is 12.5. The zero-order valence-corrected chi connectivity index (χ0v) is 13.2. The molecule has 0 saturated heterocycles. The minimum Gasteiger partial charge on any atom is -0.455 e. The number of hydrogen-bond donors (Lipinski definition) is 1. The highest BCUT2D eigenvalue weighted by Crippen LogP contribution is 2.24. The van der Waals surface area contributed by atoms with Crippen LogP contribution in [-0.2, 0) is 17.7 Å². The van der Waals surface area contributed by atoms with Gasteiger partial charge in [-0.05, 0) is 32.9 Å². The van der Waals surface area contributed by atoms with Crippen molar-refractivity contribution in [2.75, 3.05) is 6.54 Å². The standard InChI is InChI=1S/C17H21N3O2/c1-17(2,3)22-16(21)15-13-11-18-10-9-14(13)20(19-15)12-7-5-4-6-8-12/h4-8,18H,9-11H2,1-3H3. The number of benzene rings is 1. The number of ether oxygens (including phenoxy) is 1. The van der Waals surface area contributed by atoms with Gasteiger partial charge in [0.05, 0.1) is 11.4 Å². The van der Waals surface area contributed by atoms with Gasteiger partial charge in [-0.15, -0.1) is 0 Å². The molecule has 0 unspecified atom stereocenters. The minimum absolute atomic E-state index is 0.359. The number of esters is 1. The first-order valence-electron chi connectivity index (χ1n) is 7.56. The van der Waals surface area contributed by atoms with E-state index in [1.54, 1.807) is 0 Å². The molecule has 1 N–H and O–H groups in total. The second-order valence-electron chi connectivity index (χ2n) is 6.45. The predicted molar refractivity (Wildman–Crippen MR) is 84.1 cm³/mol. The van der Waals surface area contributed by atoms with E-state index in [1.807, 2.05) is 55.8 Å². The maximum Gasteiger partial charge on any atom is 0.359 e. The van der Waals surface area contributed by atoms with E-state index >= 15 is 0 Å². The van der Waals surface area contributed by atoms with E-state index in [-0.39, 0.29) is 5.97 Å². The second kappa shape index (κ2) is 5.57. The highest BCUT2D eigenvalue weighted by Gasteiger charge is 2.28. The third-order valence-corrected chi connectivity index (χ3v) is 3.52. The molecule has 5 heteroatoms. The van der Waals surface area contributed by atoms with Crippen molar-refractivity contribution in [2.45, 2.75) is 39.3 Å². The summed E-state index contributed by atoms with van der Waals surface area (Å²) in [5.74, 6) is -0.359. The molecule has 0 fully saturated rings. The van der Waals surface area contributed by atoms with E-state index in [2.05, 4.69) is 10.4 Å². The average Bonchev–Trinajstić information content (AvgIpc) is 2.86. The van der Waals surface area contributed by atoms with Crippen LogP contribution in [0, 0.1) is 0 Å². The quantitative estimate of drug-likeness (QED) is 0.866. The zero-order chi connectivity index (χ0) is 15.7. The van der Waals surface area contributed by atoms with Gasteiger partial charge >= 0.3 is 5.97 Å². The SMILES string of the molecule is CC(C)(C)OC(=O)c1nn(-c2ccccc2)c2c1CNCC2. The fourth-order valence-electron chi connectivity index (χ4n) is 2.62. The summed E-state index contributed by atoms with van der Waals surface area (Å²) in [7, 11) is 0. The Kier molecular flexibility index (Phi) is 3.74. The number of nitrogens with zero attached hydrogens (tertiary/aromatic N) is 2. The number of aromatic nitrogens is 2. The molecule has 2 heterocycles. The lowest BCUT2D eigenvalue weighted by molar-refractivity contribution is 0.00610. The molecule has 2 aromatic rings. The number of rotatable bonds is 2. The smallest absolute Gasteiger partial charge is 0.359 e. The van der Waals surface area contributed by atoms with Gasteiger partial charge in [-0.3, -0.25) is 0 Å². The lowest BCUT2D eigenvalue weighted by Gasteiger charge is -2.19. The molecule has 0 amide bonds. The number of carbonyl (C=O) groups is 1. The van der Waals surface area contributed by atoms with E-state index in [1.165, 1.54) is 0 Å². The summed E-state index contributed by atoms with van der Waals surface area (Å²) < 4.78 is 7.37. The normalized spacial score (nSPS) is 14.5. The Morgan fingerprint density at radius 2 is 2.00 bits per heavy atom. The Hall–Kier alpha value is -2.14. The third kappa shape index (κ3) is 2.90. The number of hydrogen-bond acceptors (Lipinski definition) is 4. The monoisotopic (exact) mass is 299 g/mol. The van der Waals surface area contributed by atoms with Crippen molar-refractivity contribution in [1.82, 2.24) is 15.1 Å². The molecule has 1 aliphatic rings. The van der Waals surface area contributed by atoms with Crippen molar-refractivity contribution < 1.29 is 9.53 Å². The van der Waals surface area contributed by atoms with Crippen LogP contribution in [0.25, 0.3) is 5.69 Å². The topological polar surface area (TPSA) is 56.1 Å². The van der Waals surface area contributed by atoms with Crippen LogP contribution in [0.3, 0.4) is 0 Å². The molecule has 1 aliphatic heterocycles. The molecule has 116 valence electrons. The van der Waals surface area contributed by atoms with Crippen molar-refractivity contribution in [2.24, 2.45) is 0 Å². The van der Waals surface area contributed by atoms with Gasteiger partial charge in [-0.2, -0.15) is 5.10 Å². The maximum atomic E-state index is 12.5. The van der Waals surface area contributed by atoms with Crippen molar-refractivity contribution in [1.29, 1.82) is 0 Å². The van der Waals surface area contributed by atoms with Crippen LogP contribution in [0.15, 0.2) is 30.3 Å². The van der Waals surface area contributed by atoms with Crippen LogP contribution >= 0.6 is 0 Å². The summed E-state index contributed by atoms with van der Waals surface area (Å²) in [5, 5.41) is 7.85. The molecule has 5 nitrogen and oxygen atoms in total. The number of para-hydroxylation sites is 1. The van der Waals surface area contributed by atoms with Crippen LogP contribution in [-0.4, -0.2) is 27.9 Å². The van der Waals surface area contributed by atoms with E-state index in [4.69, 9.17) is 4.74 Å². The molecule has 0 atom stereocenters. The molecule has 1 aromatic carbocycles. The first-order chi connectivity index (χ1) is 10.5. The fraction of sp³-hybridized carbons (Fsp3) is 0.412. The van der Waals surface area contributed by atoms with Crippen LogP contribution in [0.5, 0.6) is 0 Å². The Morgan fingerprint density at radius 1 is 1.27 bits per heavy atom. The van der Waals surface area contributed by atoms with Gasteiger partial charge in [0, 0.05) is 25.1 Å². The Labute approximate surface area is 130 Å². The molecule has 1 aromatic heterocycles. The van der Waals surface area contributed by atoms with E-state index in [0.717, 1.165) is 29.9 Å². The Morgan fingerprint density at radius 3 is 2.68 bits per heavy atom. The van der Waals surface area contributed by atoms with Crippen LogP contribution in [0.2, 0.25) is 0 Å². The number of carbonyl (C=O) groups excluding carboxylic acids is 1. The molecule has 22 heavy (non-hydrogen) atoms. The molecule has 0 radical (unpaired) electrons. The third-order valence-electron chi connectivity index (χ3n) is 3.52. The first kappa shape index (κ1) is 14.8. The fourth-order valence-corrected chi connectivity index (χ4v) is 2.62. The molecule has 0 bridgehead atoms. The van der Waals surface area contributed by atoms with Crippen LogP contribution < -0.4 is 5.32 Å². The van der Waals surface area contributed by atoms with Crippen LogP contribution in [0.4, 0.5) is 0 Å². The van der Waals surface area contributed by atoms with Crippen molar-refractivity contribution in [3.05, 3.63) is 47.3 Å². The van der Waals surface area contributed by atoms with E-state index in [9.17, 15) is 4.79 Å². The lowest BCUT2D eigenvalue weighted by atomic mass is 10.1. The van der Waals surface area contributed by atoms with Gasteiger partial charge in [0.2, 0.25) is 0 Å². The average molecular weight is 299 g/mol. The highest BCUT2D eigenvalue weighted by molar-refractivity contribution is 5.89. The van der Waals surface area contributed by atoms with Crippen molar-refractivity contribution in [3.8, 4) is 5.69 Å².